The number of aliphatic carboxylic acids is 2. The molecule has 0 saturated heterocycles. The van der Waals surface area contributed by atoms with E-state index in [9.17, 15) is 37.7 Å². The van der Waals surface area contributed by atoms with Gasteiger partial charge >= 0.3 is 29.8 Å². The summed E-state index contributed by atoms with van der Waals surface area (Å²) >= 11 is 1.01. The lowest BCUT2D eigenvalue weighted by molar-refractivity contribution is -0.385. The van der Waals surface area contributed by atoms with Gasteiger partial charge in [-0.25, -0.2) is 14.4 Å². The van der Waals surface area contributed by atoms with Crippen LogP contribution in [0.3, 0.4) is 0 Å². The number of halogens is 3. The standard InChI is InChI=1S/C19H20N4O8S.C2HF3O2/c1-9(17(25)22-12(8-24)18(26)27)6-11-3-5-15(32-11)19(28)31-14-4-2-10(16(20)21)7-13(14)23(29)30;3-2(4,5)1(6)7/h2-5,7,9,12,24H,6,8H2,1H3,(H3,20,21)(H,22,25)(H,26,27);(H,6,7)/t9?,12-;/m0./s1. The normalized spacial score (nSPS) is 12.2. The monoisotopic (exact) mass is 578 g/mol. The molecule has 0 saturated carbocycles. The fourth-order valence-corrected chi connectivity index (χ4v) is 3.57. The van der Waals surface area contributed by atoms with Crippen LogP contribution in [0.2, 0.25) is 0 Å². The maximum absolute atomic E-state index is 12.4. The van der Waals surface area contributed by atoms with E-state index in [-0.39, 0.29) is 28.4 Å². The number of ether oxygens (including phenoxy) is 1. The van der Waals surface area contributed by atoms with Crippen molar-refractivity contribution < 1.29 is 57.3 Å². The van der Waals surface area contributed by atoms with Crippen molar-refractivity contribution in [2.24, 2.45) is 11.7 Å². The minimum absolute atomic E-state index is 0.105. The zero-order valence-corrected chi connectivity index (χ0v) is 20.5. The first-order valence-corrected chi connectivity index (χ1v) is 11.2. The molecule has 0 fully saturated rings. The number of carboxylic acids is 2. The summed E-state index contributed by atoms with van der Waals surface area (Å²) in [6, 6.07) is 5.13. The molecular weight excluding hydrogens is 557 g/mol. The van der Waals surface area contributed by atoms with Crippen LogP contribution in [-0.2, 0) is 20.8 Å². The van der Waals surface area contributed by atoms with Gasteiger partial charge in [0.1, 0.15) is 16.8 Å². The molecule has 18 heteroatoms. The Balaban J connectivity index is 0.000000956. The molecule has 1 aromatic carbocycles. The number of nitro benzene ring substituents is 1. The van der Waals surface area contributed by atoms with Crippen molar-refractivity contribution in [3.8, 4) is 5.75 Å². The van der Waals surface area contributed by atoms with Gasteiger partial charge in [0.2, 0.25) is 11.7 Å². The number of hydrogen-bond donors (Lipinski definition) is 6. The number of amides is 1. The van der Waals surface area contributed by atoms with Crippen LogP contribution in [0.1, 0.15) is 27.0 Å². The van der Waals surface area contributed by atoms with Gasteiger partial charge in [-0.05, 0) is 30.7 Å². The molecule has 2 aromatic rings. The third-order valence-electron chi connectivity index (χ3n) is 4.53. The summed E-state index contributed by atoms with van der Waals surface area (Å²) in [6.45, 7) is 0.811. The molecule has 0 radical (unpaired) electrons. The Bertz CT molecular complexity index is 1260. The molecule has 39 heavy (non-hydrogen) atoms. The Kier molecular flexibility index (Phi) is 11.5. The number of hydrogen-bond acceptors (Lipinski definition) is 10. The molecular formula is C21H21F3N4O10S. The number of esters is 1. The van der Waals surface area contributed by atoms with Crippen molar-refractivity contribution in [2.75, 3.05) is 6.61 Å². The molecule has 14 nitrogen and oxygen atoms in total. The Labute approximate surface area is 220 Å². The van der Waals surface area contributed by atoms with E-state index >= 15 is 0 Å². The van der Waals surface area contributed by atoms with Crippen molar-refractivity contribution in [2.45, 2.75) is 25.6 Å². The second-order valence-electron chi connectivity index (χ2n) is 7.50. The van der Waals surface area contributed by atoms with E-state index in [1.165, 1.54) is 18.2 Å². The summed E-state index contributed by atoms with van der Waals surface area (Å²) in [5, 5.41) is 45.8. The maximum Gasteiger partial charge on any atom is 0.490 e. The second-order valence-corrected chi connectivity index (χ2v) is 8.67. The summed E-state index contributed by atoms with van der Waals surface area (Å²) in [7, 11) is 0. The Morgan fingerprint density at radius 3 is 2.26 bits per heavy atom. The molecule has 2 rings (SSSR count). The third kappa shape index (κ3) is 10.0. The summed E-state index contributed by atoms with van der Waals surface area (Å²) in [5.74, 6) is -6.87. The zero-order chi connectivity index (χ0) is 30.1. The highest BCUT2D eigenvalue weighted by atomic mass is 32.1. The predicted octanol–water partition coefficient (Wildman–Crippen LogP) is 1.53. The minimum atomic E-state index is -5.08. The highest BCUT2D eigenvalue weighted by molar-refractivity contribution is 7.13. The van der Waals surface area contributed by atoms with Crippen LogP contribution < -0.4 is 15.8 Å². The van der Waals surface area contributed by atoms with E-state index in [4.69, 9.17) is 36.0 Å². The molecule has 2 atom stereocenters. The number of rotatable bonds is 10. The average molecular weight is 578 g/mol. The van der Waals surface area contributed by atoms with Crippen LogP contribution in [-0.4, -0.2) is 68.7 Å². The van der Waals surface area contributed by atoms with Crippen molar-refractivity contribution in [1.82, 2.24) is 5.32 Å². The van der Waals surface area contributed by atoms with Crippen LogP contribution in [0.5, 0.6) is 5.75 Å². The number of nitrogens with one attached hydrogen (secondary N) is 2. The fourth-order valence-electron chi connectivity index (χ4n) is 2.56. The number of amidine groups is 1. The molecule has 212 valence electrons. The summed E-state index contributed by atoms with van der Waals surface area (Å²) in [5.41, 5.74) is 4.90. The Morgan fingerprint density at radius 1 is 1.21 bits per heavy atom. The summed E-state index contributed by atoms with van der Waals surface area (Å²) in [4.78, 5) is 55.6. The van der Waals surface area contributed by atoms with Gasteiger partial charge in [-0.15, -0.1) is 11.3 Å². The molecule has 0 spiro atoms. The second kappa shape index (κ2) is 13.8. The van der Waals surface area contributed by atoms with E-state index in [0.717, 1.165) is 17.4 Å². The lowest BCUT2D eigenvalue weighted by atomic mass is 10.1. The highest BCUT2D eigenvalue weighted by Crippen LogP contribution is 2.30. The van der Waals surface area contributed by atoms with Crippen molar-refractivity contribution in [1.29, 1.82) is 5.41 Å². The maximum atomic E-state index is 12.4. The van der Waals surface area contributed by atoms with E-state index < -0.39 is 59.2 Å². The van der Waals surface area contributed by atoms with Gasteiger partial charge in [-0.1, -0.05) is 6.92 Å². The molecule has 1 amide bonds. The molecule has 0 aliphatic carbocycles. The van der Waals surface area contributed by atoms with Crippen LogP contribution in [0.4, 0.5) is 18.9 Å². The third-order valence-corrected chi connectivity index (χ3v) is 5.61. The molecule has 1 unspecified atom stereocenters. The summed E-state index contributed by atoms with van der Waals surface area (Å²) in [6.07, 6.45) is -4.89. The van der Waals surface area contributed by atoms with E-state index in [1.807, 2.05) is 0 Å². The first-order chi connectivity index (χ1) is 18.0. The molecule has 1 aromatic heterocycles. The van der Waals surface area contributed by atoms with E-state index in [2.05, 4.69) is 5.32 Å². The van der Waals surface area contributed by atoms with Gasteiger partial charge in [0.05, 0.1) is 11.5 Å². The highest BCUT2D eigenvalue weighted by Gasteiger charge is 2.38. The van der Waals surface area contributed by atoms with Gasteiger partial charge in [0.15, 0.2) is 0 Å². The number of carbonyl (C=O) groups is 4. The zero-order valence-electron chi connectivity index (χ0n) is 19.7. The number of nitrogens with zero attached hydrogens (tertiary/aromatic N) is 1. The quantitative estimate of drug-likeness (QED) is 0.0589. The molecule has 7 N–H and O–H groups in total. The van der Waals surface area contributed by atoms with Crippen LogP contribution in [0.25, 0.3) is 0 Å². The average Bonchev–Trinajstić information content (AvgIpc) is 3.30. The Morgan fingerprint density at radius 2 is 1.79 bits per heavy atom. The van der Waals surface area contributed by atoms with Crippen LogP contribution in [0, 0.1) is 21.4 Å². The van der Waals surface area contributed by atoms with Gasteiger partial charge in [0.25, 0.3) is 0 Å². The minimum Gasteiger partial charge on any atom is -0.480 e. The number of nitrogen functional groups attached to an aromatic ring is 1. The number of thiophene rings is 1. The van der Waals surface area contributed by atoms with Crippen LogP contribution in [0.15, 0.2) is 30.3 Å². The number of nitrogens with two attached hydrogens (primary N) is 1. The van der Waals surface area contributed by atoms with Crippen LogP contribution >= 0.6 is 11.3 Å². The van der Waals surface area contributed by atoms with E-state index in [1.54, 1.807) is 13.0 Å². The topological polar surface area (TPSA) is 243 Å². The fraction of sp³-hybridized carbons (Fsp3) is 0.286. The van der Waals surface area contributed by atoms with Crippen molar-refractivity contribution >= 4 is 46.7 Å². The number of carboxylic acid groups (broad SMARTS) is 2. The SMILES string of the molecule is CC(Cc1ccc(C(=O)Oc2ccc(C(=N)N)cc2[N+](=O)[O-])s1)C(=O)N[C@@H](CO)C(=O)O.O=C(O)C(F)(F)F. The molecule has 0 bridgehead atoms. The van der Waals surface area contributed by atoms with E-state index in [0.29, 0.717) is 4.88 Å². The lowest BCUT2D eigenvalue weighted by Gasteiger charge is -2.15. The number of aliphatic hydroxyl groups is 1. The summed E-state index contributed by atoms with van der Waals surface area (Å²) < 4.78 is 36.9. The number of aliphatic hydroxyl groups excluding tert-OH is 1. The first-order valence-electron chi connectivity index (χ1n) is 10.4. The van der Waals surface area contributed by atoms with Crippen molar-refractivity contribution in [3.05, 3.63) is 55.8 Å². The smallest absolute Gasteiger partial charge is 0.480 e. The van der Waals surface area contributed by atoms with Gasteiger partial charge < -0.3 is 31.1 Å². The number of nitro groups is 1. The number of alkyl halides is 3. The largest absolute Gasteiger partial charge is 0.490 e. The lowest BCUT2D eigenvalue weighted by Crippen LogP contribution is -2.45. The Hall–Kier alpha value is -4.58. The van der Waals surface area contributed by atoms with Gasteiger partial charge in [-0.2, -0.15) is 13.2 Å². The molecule has 0 aliphatic rings. The first kappa shape index (κ1) is 32.4. The molecule has 1 heterocycles. The number of benzene rings is 1. The number of carbonyl (C=O) groups excluding carboxylic acids is 2. The van der Waals surface area contributed by atoms with Gasteiger partial charge in [-0.3, -0.25) is 20.3 Å². The van der Waals surface area contributed by atoms with Crippen molar-refractivity contribution in [3.63, 3.8) is 0 Å². The predicted molar refractivity (Wildman–Crippen MR) is 127 cm³/mol. The van der Waals surface area contributed by atoms with Gasteiger partial charge in [0, 0.05) is 22.4 Å². The molecule has 0 aliphatic heterocycles.